The van der Waals surface area contributed by atoms with Crippen LogP contribution in [0.3, 0.4) is 0 Å². The lowest BCUT2D eigenvalue weighted by Gasteiger charge is -2.35. The standard InChI is InChI=1S/C27H44N6O/c1-2-3-16-29-27-30-19-23(25(32-27)31-22-12-8-5-9-13-22)24(28)20-14-17-33(18-15-20)26(34)21-10-6-4-7-11-21/h19-22,28H,2-18H2,1H3,(H2,29,30,31,32). The van der Waals surface area contributed by atoms with Gasteiger partial charge in [-0.3, -0.25) is 4.79 Å². The molecule has 34 heavy (non-hydrogen) atoms. The molecule has 7 nitrogen and oxygen atoms in total. The Kier molecular flexibility index (Phi) is 9.17. The predicted octanol–water partition coefficient (Wildman–Crippen LogP) is 5.62. The summed E-state index contributed by atoms with van der Waals surface area (Å²) in [5.74, 6) is 2.21. The molecule has 3 fully saturated rings. The zero-order chi connectivity index (χ0) is 23.8. The van der Waals surface area contributed by atoms with Crippen LogP contribution >= 0.6 is 0 Å². The fraction of sp³-hybridized carbons (Fsp3) is 0.778. The first kappa shape index (κ1) is 24.9. The predicted molar refractivity (Wildman–Crippen MR) is 139 cm³/mol. The maximum Gasteiger partial charge on any atom is 0.225 e. The minimum atomic E-state index is 0.157. The molecule has 188 valence electrons. The number of carbonyl (C=O) groups is 1. The van der Waals surface area contributed by atoms with E-state index in [9.17, 15) is 4.79 Å². The molecule has 0 radical (unpaired) electrons. The molecule has 0 aromatic carbocycles. The Morgan fingerprint density at radius 2 is 1.68 bits per heavy atom. The Hall–Kier alpha value is -2.18. The van der Waals surface area contributed by atoms with Gasteiger partial charge in [-0.05, 0) is 44.9 Å². The average Bonchev–Trinajstić information content (AvgIpc) is 2.89. The first-order valence-electron chi connectivity index (χ1n) is 13.9. The Labute approximate surface area is 205 Å². The molecular formula is C27H44N6O. The van der Waals surface area contributed by atoms with E-state index in [4.69, 9.17) is 10.4 Å². The van der Waals surface area contributed by atoms with Crippen molar-refractivity contribution in [2.24, 2.45) is 11.8 Å². The van der Waals surface area contributed by atoms with Crippen molar-refractivity contribution in [3.8, 4) is 0 Å². The summed E-state index contributed by atoms with van der Waals surface area (Å²) in [6.07, 6.45) is 17.7. The van der Waals surface area contributed by atoms with Gasteiger partial charge in [0.15, 0.2) is 0 Å². The molecule has 1 aromatic heterocycles. The van der Waals surface area contributed by atoms with Gasteiger partial charge in [-0.2, -0.15) is 4.98 Å². The first-order valence-corrected chi connectivity index (χ1v) is 13.9. The van der Waals surface area contributed by atoms with Gasteiger partial charge in [0.25, 0.3) is 0 Å². The third-order valence-corrected chi connectivity index (χ3v) is 8.01. The van der Waals surface area contributed by atoms with Crippen LogP contribution in [0, 0.1) is 17.2 Å². The van der Waals surface area contributed by atoms with Crippen LogP contribution in [0.15, 0.2) is 6.20 Å². The van der Waals surface area contributed by atoms with E-state index < -0.39 is 0 Å². The van der Waals surface area contributed by atoms with Gasteiger partial charge in [-0.1, -0.05) is 51.9 Å². The number of anilines is 2. The van der Waals surface area contributed by atoms with Gasteiger partial charge < -0.3 is 20.9 Å². The lowest BCUT2D eigenvalue weighted by Crippen LogP contribution is -2.43. The molecule has 2 saturated carbocycles. The van der Waals surface area contributed by atoms with Crippen molar-refractivity contribution in [1.29, 1.82) is 5.41 Å². The molecule has 3 N–H and O–H groups in total. The number of likely N-dealkylation sites (tertiary alicyclic amines) is 1. The highest BCUT2D eigenvalue weighted by atomic mass is 16.2. The molecule has 0 atom stereocenters. The van der Waals surface area contributed by atoms with Gasteiger partial charge in [0.2, 0.25) is 11.9 Å². The number of carbonyl (C=O) groups excluding carboxylic acids is 1. The number of hydrogen-bond acceptors (Lipinski definition) is 6. The van der Waals surface area contributed by atoms with E-state index in [0.717, 1.165) is 82.4 Å². The van der Waals surface area contributed by atoms with E-state index in [2.05, 4.69) is 27.4 Å². The summed E-state index contributed by atoms with van der Waals surface area (Å²) in [7, 11) is 0. The van der Waals surface area contributed by atoms with Crippen LogP contribution in [0.2, 0.25) is 0 Å². The molecule has 1 saturated heterocycles. The number of rotatable bonds is 9. The van der Waals surface area contributed by atoms with Gasteiger partial charge in [0.1, 0.15) is 5.82 Å². The Morgan fingerprint density at radius 3 is 2.35 bits per heavy atom. The van der Waals surface area contributed by atoms with Crippen molar-refractivity contribution < 1.29 is 4.79 Å². The molecule has 1 aliphatic heterocycles. The summed E-state index contributed by atoms with van der Waals surface area (Å²) in [4.78, 5) is 24.4. The number of nitrogens with zero attached hydrogens (tertiary/aromatic N) is 3. The van der Waals surface area contributed by atoms with E-state index in [0.29, 0.717) is 23.6 Å². The number of piperidine rings is 1. The lowest BCUT2D eigenvalue weighted by atomic mass is 9.85. The van der Waals surface area contributed by atoms with E-state index in [1.54, 1.807) is 0 Å². The highest BCUT2D eigenvalue weighted by Crippen LogP contribution is 2.30. The molecule has 2 heterocycles. The molecule has 0 unspecified atom stereocenters. The summed E-state index contributed by atoms with van der Waals surface area (Å²) in [5, 5.41) is 16.1. The fourth-order valence-corrected chi connectivity index (χ4v) is 5.81. The topological polar surface area (TPSA) is 94.0 Å². The number of hydrogen-bond donors (Lipinski definition) is 3. The van der Waals surface area contributed by atoms with Crippen molar-refractivity contribution in [2.45, 2.75) is 103 Å². The van der Waals surface area contributed by atoms with Crippen molar-refractivity contribution in [3.05, 3.63) is 11.8 Å². The van der Waals surface area contributed by atoms with Crippen LogP contribution in [0.1, 0.15) is 102 Å². The summed E-state index contributed by atoms with van der Waals surface area (Å²) in [5.41, 5.74) is 1.46. The zero-order valence-electron chi connectivity index (χ0n) is 21.1. The SMILES string of the molecule is CCCCNc1ncc(C(=N)C2CCN(C(=O)C3CCCCC3)CC2)c(NC2CCCCC2)n1. The number of amides is 1. The fourth-order valence-electron chi connectivity index (χ4n) is 5.81. The maximum absolute atomic E-state index is 13.0. The molecule has 2 aliphatic carbocycles. The molecule has 3 aliphatic rings. The van der Waals surface area contributed by atoms with Crippen LogP contribution in [-0.2, 0) is 4.79 Å². The number of nitrogens with one attached hydrogen (secondary N) is 3. The highest BCUT2D eigenvalue weighted by Gasteiger charge is 2.31. The third-order valence-electron chi connectivity index (χ3n) is 8.01. The zero-order valence-corrected chi connectivity index (χ0v) is 21.1. The quantitative estimate of drug-likeness (QED) is 0.323. The van der Waals surface area contributed by atoms with Crippen LogP contribution in [0.4, 0.5) is 11.8 Å². The summed E-state index contributed by atoms with van der Waals surface area (Å²) in [6, 6.07) is 0.425. The van der Waals surface area contributed by atoms with Crippen LogP contribution in [0.5, 0.6) is 0 Å². The Balaban J connectivity index is 1.41. The van der Waals surface area contributed by atoms with Crippen molar-refractivity contribution in [2.75, 3.05) is 30.3 Å². The minimum Gasteiger partial charge on any atom is -0.367 e. The minimum absolute atomic E-state index is 0.157. The van der Waals surface area contributed by atoms with E-state index >= 15 is 0 Å². The molecule has 0 bridgehead atoms. The Morgan fingerprint density at radius 1 is 1.00 bits per heavy atom. The molecule has 1 aromatic rings. The van der Waals surface area contributed by atoms with Gasteiger partial charge >= 0.3 is 0 Å². The van der Waals surface area contributed by atoms with Crippen molar-refractivity contribution >= 4 is 23.4 Å². The van der Waals surface area contributed by atoms with Gasteiger partial charge in [-0.25, -0.2) is 4.98 Å². The molecule has 0 spiro atoms. The molecule has 1 amide bonds. The Bertz CT molecular complexity index is 807. The number of aromatic nitrogens is 2. The second-order valence-electron chi connectivity index (χ2n) is 10.6. The van der Waals surface area contributed by atoms with Crippen molar-refractivity contribution in [3.63, 3.8) is 0 Å². The van der Waals surface area contributed by atoms with Crippen molar-refractivity contribution in [1.82, 2.24) is 14.9 Å². The smallest absolute Gasteiger partial charge is 0.225 e. The van der Waals surface area contributed by atoms with E-state index in [1.165, 1.54) is 38.5 Å². The molecule has 7 heteroatoms. The average molecular weight is 469 g/mol. The van der Waals surface area contributed by atoms with Crippen LogP contribution in [-0.4, -0.2) is 52.2 Å². The van der Waals surface area contributed by atoms with Gasteiger partial charge in [-0.15, -0.1) is 0 Å². The lowest BCUT2D eigenvalue weighted by molar-refractivity contribution is -0.137. The van der Waals surface area contributed by atoms with Crippen LogP contribution < -0.4 is 10.6 Å². The highest BCUT2D eigenvalue weighted by molar-refractivity contribution is 6.03. The normalized spacial score (nSPS) is 20.8. The number of unbranched alkanes of at least 4 members (excludes halogenated alkanes) is 1. The maximum atomic E-state index is 13.0. The summed E-state index contributed by atoms with van der Waals surface area (Å²) >= 11 is 0. The molecule has 4 rings (SSSR count). The van der Waals surface area contributed by atoms with E-state index in [1.807, 2.05) is 6.20 Å². The summed E-state index contributed by atoms with van der Waals surface area (Å²) < 4.78 is 0. The second kappa shape index (κ2) is 12.5. The van der Waals surface area contributed by atoms with Crippen LogP contribution in [0.25, 0.3) is 0 Å². The monoisotopic (exact) mass is 468 g/mol. The summed E-state index contributed by atoms with van der Waals surface area (Å²) in [6.45, 7) is 4.58. The first-order chi connectivity index (χ1) is 16.7. The third kappa shape index (κ3) is 6.48. The van der Waals surface area contributed by atoms with E-state index in [-0.39, 0.29) is 11.8 Å². The molecular weight excluding hydrogens is 424 g/mol. The second-order valence-corrected chi connectivity index (χ2v) is 10.6. The van der Waals surface area contributed by atoms with Gasteiger partial charge in [0.05, 0.1) is 5.56 Å². The largest absolute Gasteiger partial charge is 0.367 e. The van der Waals surface area contributed by atoms with Gasteiger partial charge in [0, 0.05) is 49.4 Å².